The molecule has 16 heavy (non-hydrogen) atoms. The fraction of sp³-hybridized carbons (Fsp3) is 0.167. The van der Waals surface area contributed by atoms with Crippen molar-refractivity contribution >= 4 is 11.8 Å². The Kier molecular flexibility index (Phi) is 3.54. The molecule has 4 heteroatoms. The molecule has 1 aromatic carbocycles. The normalized spacial score (nSPS) is 10.4. The van der Waals surface area contributed by atoms with Gasteiger partial charge in [0.05, 0.1) is 12.3 Å². The van der Waals surface area contributed by atoms with E-state index in [0.29, 0.717) is 0 Å². The van der Waals surface area contributed by atoms with Crippen LogP contribution < -0.4 is 0 Å². The summed E-state index contributed by atoms with van der Waals surface area (Å²) in [6.07, 6.45) is 0. The van der Waals surface area contributed by atoms with Crippen molar-refractivity contribution in [1.82, 2.24) is 10.2 Å². The van der Waals surface area contributed by atoms with Crippen molar-refractivity contribution in [3.05, 3.63) is 47.7 Å². The first-order valence-corrected chi connectivity index (χ1v) is 5.77. The summed E-state index contributed by atoms with van der Waals surface area (Å²) < 4.78 is 0. The number of hydrogen-bond acceptors (Lipinski definition) is 4. The van der Waals surface area contributed by atoms with Crippen LogP contribution in [0.1, 0.15) is 11.3 Å². The van der Waals surface area contributed by atoms with Gasteiger partial charge in [-0.1, -0.05) is 23.9 Å². The molecule has 0 saturated carbocycles. The molecule has 0 spiro atoms. The first-order chi connectivity index (χ1) is 7.78. The quantitative estimate of drug-likeness (QED) is 0.882. The number of rotatable bonds is 3. The van der Waals surface area contributed by atoms with Crippen LogP contribution >= 0.6 is 11.8 Å². The molecule has 2 rings (SSSR count). The van der Waals surface area contributed by atoms with Gasteiger partial charge >= 0.3 is 0 Å². The van der Waals surface area contributed by atoms with Crippen molar-refractivity contribution in [2.45, 2.75) is 23.5 Å². The Morgan fingerprint density at radius 1 is 1.06 bits per heavy atom. The van der Waals surface area contributed by atoms with E-state index in [4.69, 9.17) is 5.11 Å². The van der Waals surface area contributed by atoms with Gasteiger partial charge in [-0.25, -0.2) is 0 Å². The minimum absolute atomic E-state index is 0.0787. The summed E-state index contributed by atoms with van der Waals surface area (Å²) in [5, 5.41) is 17.9. The second-order valence-corrected chi connectivity index (χ2v) is 4.51. The maximum Gasteiger partial charge on any atom is 0.124 e. The Morgan fingerprint density at radius 3 is 2.38 bits per heavy atom. The summed E-state index contributed by atoms with van der Waals surface area (Å²) in [6, 6.07) is 11.6. The third kappa shape index (κ3) is 2.81. The van der Waals surface area contributed by atoms with E-state index in [-0.39, 0.29) is 6.61 Å². The van der Waals surface area contributed by atoms with E-state index in [1.807, 2.05) is 43.3 Å². The van der Waals surface area contributed by atoms with Crippen molar-refractivity contribution in [3.8, 4) is 0 Å². The van der Waals surface area contributed by atoms with Gasteiger partial charge in [-0.05, 0) is 36.8 Å². The zero-order chi connectivity index (χ0) is 11.4. The van der Waals surface area contributed by atoms with Gasteiger partial charge in [-0.15, -0.1) is 5.10 Å². The molecule has 0 bridgehead atoms. The molecule has 0 radical (unpaired) electrons. The second-order valence-electron chi connectivity index (χ2n) is 3.42. The largest absolute Gasteiger partial charge is 0.392 e. The number of aryl methyl sites for hydroxylation is 1. The zero-order valence-electron chi connectivity index (χ0n) is 8.92. The second kappa shape index (κ2) is 5.09. The van der Waals surface area contributed by atoms with Crippen molar-refractivity contribution in [3.63, 3.8) is 0 Å². The van der Waals surface area contributed by atoms with Crippen LogP contribution in [-0.4, -0.2) is 15.3 Å². The molecule has 82 valence electrons. The Hall–Kier alpha value is -1.39. The predicted molar refractivity (Wildman–Crippen MR) is 63.3 cm³/mol. The average molecular weight is 232 g/mol. The molecule has 0 saturated heterocycles. The molecule has 0 unspecified atom stereocenters. The van der Waals surface area contributed by atoms with Crippen LogP contribution in [0.2, 0.25) is 0 Å². The highest BCUT2D eigenvalue weighted by Gasteiger charge is 1.99. The first kappa shape index (κ1) is 11.1. The summed E-state index contributed by atoms with van der Waals surface area (Å²) in [5.41, 5.74) is 1.83. The third-order valence-electron chi connectivity index (χ3n) is 2.10. The lowest BCUT2D eigenvalue weighted by molar-refractivity contribution is 0.282. The lowest BCUT2D eigenvalue weighted by Crippen LogP contribution is -1.87. The highest BCUT2D eigenvalue weighted by Crippen LogP contribution is 2.25. The van der Waals surface area contributed by atoms with Gasteiger partial charge in [-0.2, -0.15) is 5.10 Å². The van der Waals surface area contributed by atoms with Crippen molar-refractivity contribution < 1.29 is 5.11 Å². The van der Waals surface area contributed by atoms with E-state index in [0.717, 1.165) is 21.2 Å². The maximum atomic E-state index is 8.92. The Morgan fingerprint density at radius 2 is 1.81 bits per heavy atom. The summed E-state index contributed by atoms with van der Waals surface area (Å²) in [7, 11) is 0. The van der Waals surface area contributed by atoms with Gasteiger partial charge in [-0.3, -0.25) is 0 Å². The number of hydrogen-bond donors (Lipinski definition) is 1. The fourth-order valence-corrected chi connectivity index (χ4v) is 1.96. The molecule has 1 N–H and O–H groups in total. The molecular weight excluding hydrogens is 220 g/mol. The molecule has 0 aliphatic heterocycles. The molecule has 0 aliphatic carbocycles. The monoisotopic (exact) mass is 232 g/mol. The van der Waals surface area contributed by atoms with Gasteiger partial charge in [0.1, 0.15) is 5.03 Å². The SMILES string of the molecule is Cc1ccc(Sc2ccc(CO)cc2)nn1. The number of aliphatic hydroxyl groups is 1. The molecule has 1 heterocycles. The predicted octanol–water partition coefficient (Wildman–Crippen LogP) is 2.43. The molecule has 0 aliphatic rings. The lowest BCUT2D eigenvalue weighted by atomic mass is 10.2. The highest BCUT2D eigenvalue weighted by molar-refractivity contribution is 7.99. The number of benzene rings is 1. The highest BCUT2D eigenvalue weighted by atomic mass is 32.2. The van der Waals surface area contributed by atoms with E-state index >= 15 is 0 Å². The molecule has 2 aromatic rings. The van der Waals surface area contributed by atoms with Crippen molar-refractivity contribution in [1.29, 1.82) is 0 Å². The van der Waals surface area contributed by atoms with Gasteiger partial charge in [0.2, 0.25) is 0 Å². The molecular formula is C12H12N2OS. The average Bonchev–Trinajstić information content (AvgIpc) is 2.33. The number of nitrogens with zero attached hydrogens (tertiary/aromatic N) is 2. The Bertz CT molecular complexity index is 453. The number of aromatic nitrogens is 2. The van der Waals surface area contributed by atoms with Crippen LogP contribution in [0.4, 0.5) is 0 Å². The molecule has 0 fully saturated rings. The summed E-state index contributed by atoms with van der Waals surface area (Å²) in [6.45, 7) is 1.99. The molecule has 3 nitrogen and oxygen atoms in total. The van der Waals surface area contributed by atoms with Gasteiger partial charge in [0, 0.05) is 4.90 Å². The lowest BCUT2D eigenvalue weighted by Gasteiger charge is -2.01. The van der Waals surface area contributed by atoms with E-state index in [1.54, 1.807) is 11.8 Å². The van der Waals surface area contributed by atoms with E-state index < -0.39 is 0 Å². The van der Waals surface area contributed by atoms with E-state index in [9.17, 15) is 0 Å². The van der Waals surface area contributed by atoms with Crippen LogP contribution in [0.15, 0.2) is 46.3 Å². The molecule has 0 amide bonds. The minimum atomic E-state index is 0.0787. The van der Waals surface area contributed by atoms with E-state index in [1.165, 1.54) is 0 Å². The van der Waals surface area contributed by atoms with E-state index in [2.05, 4.69) is 10.2 Å². The Labute approximate surface area is 98.5 Å². The van der Waals surface area contributed by atoms with Crippen molar-refractivity contribution in [2.75, 3.05) is 0 Å². The van der Waals surface area contributed by atoms with Crippen LogP contribution in [0.5, 0.6) is 0 Å². The van der Waals surface area contributed by atoms with Crippen LogP contribution in [0.3, 0.4) is 0 Å². The maximum absolute atomic E-state index is 8.92. The Balaban J connectivity index is 2.11. The molecule has 0 atom stereocenters. The topological polar surface area (TPSA) is 46.0 Å². The third-order valence-corrected chi connectivity index (χ3v) is 3.04. The van der Waals surface area contributed by atoms with Gasteiger partial charge < -0.3 is 5.11 Å². The standard InChI is InChI=1S/C12H12N2OS/c1-9-2-7-12(14-13-9)16-11-5-3-10(8-15)4-6-11/h2-7,15H,8H2,1H3. The zero-order valence-corrected chi connectivity index (χ0v) is 9.74. The minimum Gasteiger partial charge on any atom is -0.392 e. The van der Waals surface area contributed by atoms with Crippen LogP contribution in [-0.2, 0) is 6.61 Å². The van der Waals surface area contributed by atoms with Gasteiger partial charge in [0.25, 0.3) is 0 Å². The number of aliphatic hydroxyl groups excluding tert-OH is 1. The van der Waals surface area contributed by atoms with Gasteiger partial charge in [0.15, 0.2) is 0 Å². The summed E-state index contributed by atoms with van der Waals surface area (Å²) in [5.74, 6) is 0. The summed E-state index contributed by atoms with van der Waals surface area (Å²) >= 11 is 1.56. The summed E-state index contributed by atoms with van der Waals surface area (Å²) in [4.78, 5) is 1.09. The van der Waals surface area contributed by atoms with Crippen molar-refractivity contribution in [2.24, 2.45) is 0 Å². The van der Waals surface area contributed by atoms with Crippen LogP contribution in [0.25, 0.3) is 0 Å². The van der Waals surface area contributed by atoms with Crippen LogP contribution in [0, 0.1) is 6.92 Å². The molecule has 1 aromatic heterocycles. The smallest absolute Gasteiger partial charge is 0.124 e. The fourth-order valence-electron chi connectivity index (χ4n) is 1.22. The first-order valence-electron chi connectivity index (χ1n) is 4.96.